The van der Waals surface area contributed by atoms with E-state index in [0.29, 0.717) is 5.69 Å². The number of alkyl halides is 3. The summed E-state index contributed by atoms with van der Waals surface area (Å²) < 4.78 is 37.8. The molecule has 0 amide bonds. The molecule has 1 aliphatic heterocycles. The highest BCUT2D eigenvalue weighted by Crippen LogP contribution is 2.37. The maximum atomic E-state index is 12.6. The van der Waals surface area contributed by atoms with Crippen LogP contribution in [0.4, 0.5) is 24.5 Å². The number of anilines is 2. The van der Waals surface area contributed by atoms with Crippen LogP contribution in [-0.4, -0.2) is 30.3 Å². The molecular formula is C13H15F3N2O2. The summed E-state index contributed by atoms with van der Waals surface area (Å²) in [6.45, 7) is 0.439. The number of nitrogens with zero attached hydrogens (tertiary/aromatic N) is 1. The fraction of sp³-hybridized carbons (Fsp3) is 0.462. The Hall–Kier alpha value is -1.92. The van der Waals surface area contributed by atoms with Gasteiger partial charge in [-0.3, -0.25) is 0 Å². The highest BCUT2D eigenvalue weighted by molar-refractivity contribution is 5.97. The molecule has 1 aromatic rings. The summed E-state index contributed by atoms with van der Waals surface area (Å²) in [6.07, 6.45) is -4.17. The first kappa shape index (κ1) is 14.5. The molecule has 1 heterocycles. The maximum absolute atomic E-state index is 12.6. The maximum Gasteiger partial charge on any atom is 0.391 e. The molecule has 0 radical (unpaired) electrons. The summed E-state index contributed by atoms with van der Waals surface area (Å²) in [5.74, 6) is -2.43. The van der Waals surface area contributed by atoms with Gasteiger partial charge in [0.25, 0.3) is 0 Å². The molecule has 1 aliphatic rings. The third-order valence-electron chi connectivity index (χ3n) is 3.61. The number of benzene rings is 1. The molecule has 110 valence electrons. The second-order valence-corrected chi connectivity index (χ2v) is 4.85. The predicted octanol–water partition coefficient (Wildman–Crippen LogP) is 2.75. The van der Waals surface area contributed by atoms with Gasteiger partial charge in [0.15, 0.2) is 0 Å². The molecule has 0 spiro atoms. The first-order valence-electron chi connectivity index (χ1n) is 6.24. The molecule has 0 aliphatic carbocycles. The number of piperidine rings is 1. The third kappa shape index (κ3) is 2.81. The Morgan fingerprint density at radius 2 is 1.90 bits per heavy atom. The lowest BCUT2D eigenvalue weighted by atomic mass is 9.95. The summed E-state index contributed by atoms with van der Waals surface area (Å²) in [4.78, 5) is 12.7. The Morgan fingerprint density at radius 1 is 1.30 bits per heavy atom. The van der Waals surface area contributed by atoms with Crippen LogP contribution in [0.5, 0.6) is 0 Å². The number of nitrogen functional groups attached to an aromatic ring is 1. The predicted molar refractivity (Wildman–Crippen MR) is 68.8 cm³/mol. The van der Waals surface area contributed by atoms with Crippen molar-refractivity contribution in [1.29, 1.82) is 0 Å². The van der Waals surface area contributed by atoms with Crippen molar-refractivity contribution in [3.05, 3.63) is 23.8 Å². The zero-order valence-corrected chi connectivity index (χ0v) is 10.7. The van der Waals surface area contributed by atoms with Crippen molar-refractivity contribution in [1.82, 2.24) is 0 Å². The molecule has 1 fully saturated rings. The van der Waals surface area contributed by atoms with Gasteiger partial charge in [-0.1, -0.05) is 6.07 Å². The van der Waals surface area contributed by atoms with Gasteiger partial charge < -0.3 is 15.7 Å². The fourth-order valence-electron chi connectivity index (χ4n) is 2.46. The molecule has 0 unspecified atom stereocenters. The van der Waals surface area contributed by atoms with Crippen molar-refractivity contribution in [2.24, 2.45) is 5.92 Å². The molecule has 0 saturated carbocycles. The molecule has 0 atom stereocenters. The van der Waals surface area contributed by atoms with Crippen LogP contribution >= 0.6 is 0 Å². The van der Waals surface area contributed by atoms with E-state index < -0.39 is 18.1 Å². The number of carbonyl (C=O) groups is 1. The van der Waals surface area contributed by atoms with E-state index in [1.807, 2.05) is 0 Å². The molecule has 7 heteroatoms. The minimum atomic E-state index is -4.17. The average molecular weight is 288 g/mol. The first-order valence-corrected chi connectivity index (χ1v) is 6.24. The van der Waals surface area contributed by atoms with Gasteiger partial charge in [0.2, 0.25) is 0 Å². The van der Waals surface area contributed by atoms with Crippen LogP contribution in [0.15, 0.2) is 18.2 Å². The highest BCUT2D eigenvalue weighted by Gasteiger charge is 2.41. The normalized spacial score (nSPS) is 17.2. The van der Waals surface area contributed by atoms with Crippen LogP contribution in [0.2, 0.25) is 0 Å². The number of aromatic carboxylic acids is 1. The van der Waals surface area contributed by atoms with Crippen LogP contribution < -0.4 is 10.6 Å². The van der Waals surface area contributed by atoms with E-state index in [9.17, 15) is 18.0 Å². The molecule has 1 aromatic carbocycles. The number of halogens is 3. The number of nitrogens with two attached hydrogens (primary N) is 1. The van der Waals surface area contributed by atoms with E-state index in [2.05, 4.69) is 0 Å². The van der Waals surface area contributed by atoms with Crippen LogP contribution in [0.25, 0.3) is 0 Å². The molecule has 2 rings (SSSR count). The van der Waals surface area contributed by atoms with E-state index in [1.165, 1.54) is 6.07 Å². The van der Waals surface area contributed by atoms with Gasteiger partial charge in [0, 0.05) is 13.1 Å². The topological polar surface area (TPSA) is 66.6 Å². The van der Waals surface area contributed by atoms with Gasteiger partial charge in [-0.15, -0.1) is 0 Å². The van der Waals surface area contributed by atoms with Crippen LogP contribution in [-0.2, 0) is 0 Å². The fourth-order valence-corrected chi connectivity index (χ4v) is 2.46. The van der Waals surface area contributed by atoms with E-state index in [-0.39, 0.29) is 37.2 Å². The monoisotopic (exact) mass is 288 g/mol. The van der Waals surface area contributed by atoms with E-state index in [1.54, 1.807) is 17.0 Å². The first-order chi connectivity index (χ1) is 9.30. The third-order valence-corrected chi connectivity index (χ3v) is 3.61. The lowest BCUT2D eigenvalue weighted by Crippen LogP contribution is -2.39. The number of carboxylic acids is 1. The Morgan fingerprint density at radius 3 is 2.40 bits per heavy atom. The Kier molecular flexibility index (Phi) is 3.78. The van der Waals surface area contributed by atoms with Crippen molar-refractivity contribution >= 4 is 17.3 Å². The lowest BCUT2D eigenvalue weighted by molar-refractivity contribution is -0.179. The van der Waals surface area contributed by atoms with Crippen LogP contribution in [0.3, 0.4) is 0 Å². The summed E-state index contributed by atoms with van der Waals surface area (Å²) >= 11 is 0. The van der Waals surface area contributed by atoms with Crippen molar-refractivity contribution < 1.29 is 23.1 Å². The molecule has 0 aromatic heterocycles. The molecule has 1 saturated heterocycles. The second kappa shape index (κ2) is 5.22. The van der Waals surface area contributed by atoms with E-state index in [0.717, 1.165) is 0 Å². The summed E-state index contributed by atoms with van der Waals surface area (Å²) in [7, 11) is 0. The zero-order valence-electron chi connectivity index (χ0n) is 10.7. The van der Waals surface area contributed by atoms with Gasteiger partial charge in [-0.2, -0.15) is 13.2 Å². The number of hydrogen-bond donors (Lipinski definition) is 2. The summed E-state index contributed by atoms with van der Waals surface area (Å²) in [5.41, 5.74) is 6.36. The van der Waals surface area contributed by atoms with Crippen molar-refractivity contribution in [2.75, 3.05) is 23.7 Å². The number of hydrogen-bond acceptors (Lipinski definition) is 3. The average Bonchev–Trinajstić information content (AvgIpc) is 2.38. The minimum Gasteiger partial charge on any atom is -0.478 e. The number of rotatable bonds is 2. The van der Waals surface area contributed by atoms with Gasteiger partial charge >= 0.3 is 12.1 Å². The largest absolute Gasteiger partial charge is 0.478 e. The molecule has 20 heavy (non-hydrogen) atoms. The van der Waals surface area contributed by atoms with E-state index >= 15 is 0 Å². The second-order valence-electron chi connectivity index (χ2n) is 4.85. The van der Waals surface area contributed by atoms with Gasteiger partial charge in [0.1, 0.15) is 0 Å². The zero-order chi connectivity index (χ0) is 14.9. The van der Waals surface area contributed by atoms with E-state index in [4.69, 9.17) is 10.8 Å². The summed E-state index contributed by atoms with van der Waals surface area (Å²) in [6, 6.07) is 4.56. The van der Waals surface area contributed by atoms with Crippen molar-refractivity contribution in [3.8, 4) is 0 Å². The standard InChI is InChI=1S/C13H15F3N2O2/c14-13(15,16)8-4-6-18(7-5-8)10-3-1-2-9(11(10)17)12(19)20/h1-3,8H,4-7,17H2,(H,19,20). The Balaban J connectivity index is 2.15. The SMILES string of the molecule is Nc1c(C(=O)O)cccc1N1CCC(C(F)(F)F)CC1. The van der Waals surface area contributed by atoms with Crippen LogP contribution in [0, 0.1) is 5.92 Å². The number of para-hydroxylation sites is 1. The van der Waals surface area contributed by atoms with Crippen LogP contribution in [0.1, 0.15) is 23.2 Å². The molecule has 0 bridgehead atoms. The minimum absolute atomic E-state index is 0.000237. The van der Waals surface area contributed by atoms with Crippen molar-refractivity contribution in [2.45, 2.75) is 19.0 Å². The quantitative estimate of drug-likeness (QED) is 0.821. The van der Waals surface area contributed by atoms with Gasteiger partial charge in [-0.05, 0) is 25.0 Å². The highest BCUT2D eigenvalue weighted by atomic mass is 19.4. The molecule has 4 nitrogen and oxygen atoms in total. The number of carboxylic acid groups (broad SMARTS) is 1. The molecule has 3 N–H and O–H groups in total. The smallest absolute Gasteiger partial charge is 0.391 e. The van der Waals surface area contributed by atoms with Crippen molar-refractivity contribution in [3.63, 3.8) is 0 Å². The van der Waals surface area contributed by atoms with Gasteiger partial charge in [0.05, 0.1) is 22.9 Å². The Bertz CT molecular complexity index is 509. The van der Waals surface area contributed by atoms with Gasteiger partial charge in [-0.25, -0.2) is 4.79 Å². The summed E-state index contributed by atoms with van der Waals surface area (Å²) in [5, 5.41) is 8.99. The lowest BCUT2D eigenvalue weighted by Gasteiger charge is -2.35. The Labute approximate surface area is 114 Å². The molecular weight excluding hydrogens is 273 g/mol.